The summed E-state index contributed by atoms with van der Waals surface area (Å²) in [6.45, 7) is 6.40. The van der Waals surface area contributed by atoms with Crippen molar-refractivity contribution in [3.8, 4) is 94.7 Å². The first-order valence-corrected chi connectivity index (χ1v) is 34.0. The molecular weight excluding hydrogens is 1220 g/mol. The normalized spacial score (nSPS) is 13.0. The fraction of sp³-hybridized carbons (Fsp3) is 0.0455. The zero-order valence-corrected chi connectivity index (χ0v) is 53.6. The Morgan fingerprint density at radius 3 is 1.29 bits per heavy atom. The molecule has 434 valence electrons. The Kier molecular flexibility index (Phi) is 12.7. The second kappa shape index (κ2) is 22.8. The van der Waals surface area contributed by atoms with Gasteiger partial charge in [-0.15, -0.1) is 0 Å². The first-order chi connectivity index (χ1) is 46.9. The molecule has 0 radical (unpaired) electrons. The van der Waals surface area contributed by atoms with Crippen LogP contribution in [0, 0.1) is 0 Å². The molecule has 0 spiro atoms. The fourth-order valence-corrected chi connectivity index (χ4v) is 17.7. The Bertz CT molecular complexity index is 5410. The van der Waals surface area contributed by atoms with Crippen LogP contribution in [0.15, 0.2) is 327 Å². The molecule has 0 amide bonds. The van der Waals surface area contributed by atoms with E-state index in [1.54, 1.807) is 0 Å². The summed E-state index contributed by atoms with van der Waals surface area (Å²) in [6, 6.07) is 110. The van der Waals surface area contributed by atoms with E-state index in [4.69, 9.17) is 1.37 Å². The van der Waals surface area contributed by atoms with Crippen molar-refractivity contribution in [1.29, 1.82) is 0 Å². The predicted molar refractivity (Wildman–Crippen MR) is 394 cm³/mol. The summed E-state index contributed by atoms with van der Waals surface area (Å²) in [6.07, 6.45) is 0. The van der Waals surface area contributed by atoms with Crippen LogP contribution in [0.5, 0.6) is 0 Å². The summed E-state index contributed by atoms with van der Waals surface area (Å²) in [5.74, 6) is 0. The second-order valence-electron chi connectivity index (χ2n) is 25.3. The van der Waals surface area contributed by atoms with Crippen LogP contribution in [0.4, 0.5) is 17.1 Å². The van der Waals surface area contributed by atoms with Crippen molar-refractivity contribution in [2.45, 2.75) is 26.2 Å². The third-order valence-corrected chi connectivity index (χ3v) is 21.9. The van der Waals surface area contributed by atoms with Crippen molar-refractivity contribution < 1.29 is 5.48 Å². The third kappa shape index (κ3) is 9.82. The fourth-order valence-electron chi connectivity index (χ4n) is 14.2. The zero-order chi connectivity index (χ0) is 64.9. The van der Waals surface area contributed by atoms with Gasteiger partial charge in [-0.2, -0.15) is 0 Å². The summed E-state index contributed by atoms with van der Waals surface area (Å²) in [5.41, 5.74) is 27.9. The van der Waals surface area contributed by atoms with E-state index in [-0.39, 0.29) is 36.3 Å². The van der Waals surface area contributed by atoms with Crippen LogP contribution in [0.25, 0.3) is 117 Å². The van der Waals surface area contributed by atoms with E-state index in [9.17, 15) is 4.11 Å². The van der Waals surface area contributed by atoms with Crippen molar-refractivity contribution in [1.82, 2.24) is 4.57 Å². The van der Waals surface area contributed by atoms with Gasteiger partial charge in [-0.25, -0.2) is 0 Å². The van der Waals surface area contributed by atoms with Gasteiger partial charge in [0.25, 0.3) is 0 Å². The van der Waals surface area contributed by atoms with Crippen molar-refractivity contribution in [2.75, 3.05) is 4.90 Å². The predicted octanol–water partition coefficient (Wildman–Crippen LogP) is 19.7. The minimum atomic E-state index is -1.24. The summed E-state index contributed by atoms with van der Waals surface area (Å²) in [4.78, 5) is 2.58. The Morgan fingerprint density at radius 1 is 0.337 bits per heavy atom. The number of aromatic nitrogens is 1. The van der Waals surface area contributed by atoms with Gasteiger partial charge in [-0.1, -0.05) is 36.4 Å². The molecule has 92 heavy (non-hydrogen) atoms. The maximum atomic E-state index is 9.95. The number of rotatable bonds is 10. The van der Waals surface area contributed by atoms with E-state index in [2.05, 4.69) is 334 Å². The standard InChI is InChI=1S/C88H63BN2Te/c1-88(2,3)72-43-46-81-77(55-72)76-37-22-23-40-80(76)90(81)73-56-83-86-85(57-73)92-84-54-65(71-51-68(60-29-14-6-15-30-60)48-69(52-71)61-31-16-7-17-32-61)42-45-79(84)89(86)78-44-41-64(70-49-66(58-25-10-4-11-26-58)47-67(50-70)59-27-12-5-13-28-59)53-82(78)91(83)87-74(62-33-18-8-19-34-62)38-24-39-75(87)63-35-20-9-21-36-63/h4-57H,1-3H3/i22D,23D,37D,40D. The Hall–Kier alpha value is -10.5. The number of fused-ring (bicyclic) bond motifs is 7. The summed E-state index contributed by atoms with van der Waals surface area (Å²) in [7, 11) is 0. The van der Waals surface area contributed by atoms with E-state index in [1.165, 1.54) is 23.6 Å². The monoisotopic (exact) mass is 1290 g/mol. The molecule has 0 aliphatic carbocycles. The van der Waals surface area contributed by atoms with Crippen molar-refractivity contribution in [2.24, 2.45) is 0 Å². The SMILES string of the molecule is [2H]c1c([2H])c([2H])c2c(c1[2H])c1cc(C(C)(C)C)ccc1n2-c1cc2c3c(c1)N(c1c(-c4ccccc4)cccc1-c1ccccc1)c1cc(-c4cc(-c5ccccc5)cc(-c5ccccc5)c4)ccc1B3c1ccc(-c3cc(-c4ccccc4)cc(-c4ccccc4)c3)cc1[Te]2. The average Bonchev–Trinajstić information content (AvgIpc) is 0.937. The van der Waals surface area contributed by atoms with Gasteiger partial charge < -0.3 is 0 Å². The minimum absolute atomic E-state index is 0.0405. The molecule has 0 N–H and O–H groups in total. The number of para-hydroxylation sites is 2. The van der Waals surface area contributed by atoms with Crippen molar-refractivity contribution in [3.63, 3.8) is 0 Å². The molecule has 0 fully saturated rings. The maximum absolute atomic E-state index is 9.95. The molecule has 14 aromatic carbocycles. The van der Waals surface area contributed by atoms with E-state index in [0.29, 0.717) is 10.9 Å². The quantitative estimate of drug-likeness (QED) is 0.124. The second-order valence-corrected chi connectivity index (χ2v) is 28.4. The Labute approximate surface area is 555 Å². The van der Waals surface area contributed by atoms with Crippen LogP contribution in [0.2, 0.25) is 0 Å². The van der Waals surface area contributed by atoms with E-state index < -0.39 is 20.9 Å². The first-order valence-electron chi connectivity index (χ1n) is 33.7. The van der Waals surface area contributed by atoms with Gasteiger partial charge in [0.15, 0.2) is 0 Å². The molecule has 0 unspecified atom stereocenters. The Morgan fingerprint density at radius 2 is 0.793 bits per heavy atom. The molecule has 0 atom stereocenters. The van der Waals surface area contributed by atoms with Gasteiger partial charge in [-0.05, 0) is 0 Å². The van der Waals surface area contributed by atoms with Gasteiger partial charge >= 0.3 is 523 Å². The molecule has 0 saturated heterocycles. The van der Waals surface area contributed by atoms with Crippen molar-refractivity contribution in [3.05, 3.63) is 333 Å². The molecule has 2 aliphatic rings. The number of benzene rings is 14. The molecule has 0 bridgehead atoms. The molecule has 2 nitrogen and oxygen atoms in total. The topological polar surface area (TPSA) is 8.17 Å². The van der Waals surface area contributed by atoms with Gasteiger partial charge in [0.2, 0.25) is 0 Å². The summed E-state index contributed by atoms with van der Waals surface area (Å²) in [5, 5.41) is 1.32. The van der Waals surface area contributed by atoms with Crippen LogP contribution in [0.1, 0.15) is 31.8 Å². The van der Waals surface area contributed by atoms with Crippen molar-refractivity contribution >= 4 is 90.1 Å². The van der Waals surface area contributed by atoms with Gasteiger partial charge in [-0.3, -0.25) is 0 Å². The van der Waals surface area contributed by atoms with Gasteiger partial charge in [0.05, 0.1) is 0 Å². The molecular formula is C88H63BN2Te. The van der Waals surface area contributed by atoms with E-state index in [0.717, 1.165) is 128 Å². The summed E-state index contributed by atoms with van der Waals surface area (Å²) >= 11 is -1.24. The van der Waals surface area contributed by atoms with E-state index in [1.807, 2.05) is 0 Å². The summed E-state index contributed by atoms with van der Waals surface area (Å²) < 4.78 is 43.0. The zero-order valence-electron chi connectivity index (χ0n) is 55.2. The number of nitrogens with zero attached hydrogens (tertiary/aromatic N) is 2. The number of hydrogen-bond acceptors (Lipinski definition) is 1. The van der Waals surface area contributed by atoms with Gasteiger partial charge in [0.1, 0.15) is 0 Å². The molecule has 2 aliphatic heterocycles. The van der Waals surface area contributed by atoms with Crippen LogP contribution in [0.3, 0.4) is 0 Å². The van der Waals surface area contributed by atoms with Crippen LogP contribution < -0.4 is 28.5 Å². The van der Waals surface area contributed by atoms with E-state index >= 15 is 0 Å². The molecule has 3 heterocycles. The average molecular weight is 1290 g/mol. The Balaban J connectivity index is 0.987. The molecule has 0 saturated carbocycles. The van der Waals surface area contributed by atoms with Crippen LogP contribution in [-0.4, -0.2) is 32.2 Å². The molecule has 4 heteroatoms. The van der Waals surface area contributed by atoms with Gasteiger partial charge in [0, 0.05) is 0 Å². The first kappa shape index (κ1) is 51.3. The third-order valence-electron chi connectivity index (χ3n) is 18.7. The number of hydrogen-bond donors (Lipinski definition) is 0. The molecule has 1 aromatic heterocycles. The van der Waals surface area contributed by atoms with Crippen LogP contribution in [-0.2, 0) is 5.41 Å². The molecule has 15 aromatic rings. The molecule has 17 rings (SSSR count). The van der Waals surface area contributed by atoms with Crippen LogP contribution >= 0.6 is 0 Å². The number of anilines is 3.